The fourth-order valence-electron chi connectivity index (χ4n) is 4.67. The van der Waals surface area contributed by atoms with Gasteiger partial charge in [-0.2, -0.15) is 0 Å². The number of benzene rings is 3. The first-order valence-electron chi connectivity index (χ1n) is 10.6. The van der Waals surface area contributed by atoms with E-state index in [-0.39, 0.29) is 18.3 Å². The molecule has 0 bridgehead atoms. The predicted octanol–water partition coefficient (Wildman–Crippen LogP) is 5.78. The van der Waals surface area contributed by atoms with Gasteiger partial charge in [0, 0.05) is 12.1 Å². The van der Waals surface area contributed by atoms with Crippen LogP contribution in [0.15, 0.2) is 72.8 Å². The Morgan fingerprint density at radius 3 is 1.90 bits per heavy atom. The van der Waals surface area contributed by atoms with Crippen LogP contribution in [0.3, 0.4) is 0 Å². The van der Waals surface area contributed by atoms with Crippen LogP contribution in [0.25, 0.3) is 0 Å². The van der Waals surface area contributed by atoms with Crippen molar-refractivity contribution in [3.8, 4) is 0 Å². The predicted molar refractivity (Wildman–Crippen MR) is 125 cm³/mol. The Labute approximate surface area is 184 Å². The summed E-state index contributed by atoms with van der Waals surface area (Å²) >= 11 is 0. The summed E-state index contributed by atoms with van der Waals surface area (Å²) in [5, 5.41) is 0. The maximum atomic E-state index is 14.0. The SMILES string of the molecule is Cl.O=C(c1ccccc1CN1CCCC1)N1c2ccccc2CCc2ccccc21. The third-order valence-electron chi connectivity index (χ3n) is 6.17. The molecule has 0 spiro atoms. The molecule has 1 saturated heterocycles. The van der Waals surface area contributed by atoms with E-state index in [2.05, 4.69) is 47.4 Å². The van der Waals surface area contributed by atoms with Crippen molar-refractivity contribution in [2.24, 2.45) is 0 Å². The van der Waals surface area contributed by atoms with Crippen molar-refractivity contribution in [3.05, 3.63) is 95.1 Å². The van der Waals surface area contributed by atoms with E-state index in [4.69, 9.17) is 0 Å². The Hall–Kier alpha value is -2.62. The number of halogens is 1. The highest BCUT2D eigenvalue weighted by atomic mass is 35.5. The molecule has 0 unspecified atom stereocenters. The Morgan fingerprint density at radius 2 is 1.27 bits per heavy atom. The standard InChI is InChI=1S/C26H26N2O.ClH/c29-26(23-12-4-1-11-22(23)19-27-17-7-8-18-27)28-24-13-5-2-9-20(24)15-16-21-10-3-6-14-25(21)28;/h1-6,9-14H,7-8,15-19H2;1H. The van der Waals surface area contributed by atoms with Gasteiger partial charge in [0.15, 0.2) is 0 Å². The van der Waals surface area contributed by atoms with E-state index in [1.54, 1.807) is 0 Å². The molecule has 30 heavy (non-hydrogen) atoms. The first-order valence-corrected chi connectivity index (χ1v) is 10.6. The van der Waals surface area contributed by atoms with Crippen LogP contribution in [0.1, 0.15) is 39.9 Å². The minimum atomic E-state index is 0. The molecule has 5 rings (SSSR count). The second-order valence-electron chi connectivity index (χ2n) is 8.04. The molecule has 2 heterocycles. The number of aryl methyl sites for hydroxylation is 2. The third-order valence-corrected chi connectivity index (χ3v) is 6.17. The normalized spacial score (nSPS) is 15.7. The number of carbonyl (C=O) groups is 1. The number of hydrogen-bond acceptors (Lipinski definition) is 2. The molecule has 3 aromatic rings. The van der Waals surface area contributed by atoms with E-state index in [0.29, 0.717) is 0 Å². The largest absolute Gasteiger partial charge is 0.299 e. The van der Waals surface area contributed by atoms with Crippen molar-refractivity contribution in [1.82, 2.24) is 4.90 Å². The second-order valence-corrected chi connectivity index (χ2v) is 8.04. The zero-order valence-electron chi connectivity index (χ0n) is 17.1. The van der Waals surface area contributed by atoms with Gasteiger partial charge in [-0.25, -0.2) is 0 Å². The van der Waals surface area contributed by atoms with E-state index < -0.39 is 0 Å². The van der Waals surface area contributed by atoms with Gasteiger partial charge in [0.1, 0.15) is 0 Å². The minimum absolute atomic E-state index is 0. The number of para-hydroxylation sites is 2. The number of rotatable bonds is 3. The Kier molecular flexibility index (Phi) is 6.21. The fraction of sp³-hybridized carbons (Fsp3) is 0.269. The molecule has 0 N–H and O–H groups in total. The number of nitrogens with zero attached hydrogens (tertiary/aromatic N) is 2. The molecule has 2 aliphatic rings. The van der Waals surface area contributed by atoms with Crippen molar-refractivity contribution in [3.63, 3.8) is 0 Å². The summed E-state index contributed by atoms with van der Waals surface area (Å²) in [6.45, 7) is 3.09. The molecule has 3 nitrogen and oxygen atoms in total. The van der Waals surface area contributed by atoms with Crippen LogP contribution in [-0.4, -0.2) is 23.9 Å². The molecular weight excluding hydrogens is 392 g/mol. The monoisotopic (exact) mass is 418 g/mol. The van der Waals surface area contributed by atoms with E-state index in [0.717, 1.165) is 55.0 Å². The summed E-state index contributed by atoms with van der Waals surface area (Å²) in [5.41, 5.74) is 6.42. The van der Waals surface area contributed by atoms with Gasteiger partial charge in [-0.05, 0) is 73.7 Å². The first kappa shape index (κ1) is 20.6. The van der Waals surface area contributed by atoms with Crippen molar-refractivity contribution in [2.75, 3.05) is 18.0 Å². The van der Waals surface area contributed by atoms with E-state index in [9.17, 15) is 4.79 Å². The van der Waals surface area contributed by atoms with Gasteiger partial charge in [-0.1, -0.05) is 54.6 Å². The summed E-state index contributed by atoms with van der Waals surface area (Å²) in [6, 6.07) is 24.8. The molecular formula is C26H27ClN2O. The molecule has 1 amide bonds. The fourth-order valence-corrected chi connectivity index (χ4v) is 4.67. The maximum Gasteiger partial charge on any atom is 0.263 e. The van der Waals surface area contributed by atoms with Gasteiger partial charge in [-0.15, -0.1) is 12.4 Å². The molecule has 4 heteroatoms. The summed E-state index contributed by atoms with van der Waals surface area (Å²) in [4.78, 5) is 18.4. The molecule has 0 atom stereocenters. The van der Waals surface area contributed by atoms with Gasteiger partial charge in [-0.3, -0.25) is 14.6 Å². The summed E-state index contributed by atoms with van der Waals surface area (Å²) < 4.78 is 0. The quantitative estimate of drug-likeness (QED) is 0.538. The average molecular weight is 419 g/mol. The molecule has 0 saturated carbocycles. The van der Waals surface area contributed by atoms with Crippen LogP contribution in [0.2, 0.25) is 0 Å². The van der Waals surface area contributed by atoms with Crippen LogP contribution >= 0.6 is 12.4 Å². The lowest BCUT2D eigenvalue weighted by molar-refractivity contribution is 0.0997. The van der Waals surface area contributed by atoms with Crippen LogP contribution in [0.5, 0.6) is 0 Å². The van der Waals surface area contributed by atoms with Gasteiger partial charge >= 0.3 is 0 Å². The number of hydrogen-bond donors (Lipinski definition) is 0. The summed E-state index contributed by atoms with van der Waals surface area (Å²) in [6.07, 6.45) is 4.41. The second kappa shape index (κ2) is 9.03. The Morgan fingerprint density at radius 1 is 0.733 bits per heavy atom. The average Bonchev–Trinajstić information content (AvgIpc) is 3.21. The van der Waals surface area contributed by atoms with Crippen LogP contribution in [0, 0.1) is 0 Å². The lowest BCUT2D eigenvalue weighted by Gasteiger charge is -2.26. The minimum Gasteiger partial charge on any atom is -0.299 e. The molecule has 0 aliphatic carbocycles. The zero-order chi connectivity index (χ0) is 19.6. The van der Waals surface area contributed by atoms with Gasteiger partial charge < -0.3 is 0 Å². The van der Waals surface area contributed by atoms with Gasteiger partial charge in [0.2, 0.25) is 0 Å². The number of fused-ring (bicyclic) bond motifs is 2. The number of anilines is 2. The third kappa shape index (κ3) is 3.88. The van der Waals surface area contributed by atoms with Crippen LogP contribution in [-0.2, 0) is 19.4 Å². The number of carbonyl (C=O) groups excluding carboxylic acids is 1. The molecule has 1 fully saturated rings. The molecule has 154 valence electrons. The Balaban J connectivity index is 0.00000218. The van der Waals surface area contributed by atoms with E-state index in [1.165, 1.54) is 24.0 Å². The summed E-state index contributed by atoms with van der Waals surface area (Å²) in [5.74, 6) is 0.0709. The van der Waals surface area contributed by atoms with Gasteiger partial charge in [0.25, 0.3) is 5.91 Å². The molecule has 3 aromatic carbocycles. The zero-order valence-corrected chi connectivity index (χ0v) is 17.9. The van der Waals surface area contributed by atoms with E-state index in [1.807, 2.05) is 35.2 Å². The molecule has 2 aliphatic heterocycles. The molecule has 0 aromatic heterocycles. The number of amides is 1. The summed E-state index contributed by atoms with van der Waals surface area (Å²) in [7, 11) is 0. The Bertz CT molecular complexity index is 995. The van der Waals surface area contributed by atoms with Crippen LogP contribution in [0.4, 0.5) is 11.4 Å². The lowest BCUT2D eigenvalue weighted by Crippen LogP contribution is -2.29. The van der Waals surface area contributed by atoms with Crippen LogP contribution < -0.4 is 4.90 Å². The van der Waals surface area contributed by atoms with Crippen molar-refractivity contribution >= 4 is 29.7 Å². The van der Waals surface area contributed by atoms with E-state index >= 15 is 0 Å². The smallest absolute Gasteiger partial charge is 0.263 e. The highest BCUT2D eigenvalue weighted by Gasteiger charge is 2.28. The van der Waals surface area contributed by atoms with Crippen molar-refractivity contribution in [1.29, 1.82) is 0 Å². The molecule has 0 radical (unpaired) electrons. The topological polar surface area (TPSA) is 23.6 Å². The van der Waals surface area contributed by atoms with Crippen molar-refractivity contribution in [2.45, 2.75) is 32.2 Å². The highest BCUT2D eigenvalue weighted by molar-refractivity contribution is 6.12. The van der Waals surface area contributed by atoms with Gasteiger partial charge in [0.05, 0.1) is 11.4 Å². The first-order chi connectivity index (χ1) is 14.3. The highest BCUT2D eigenvalue weighted by Crippen LogP contribution is 2.37. The number of likely N-dealkylation sites (tertiary alicyclic amines) is 1. The van der Waals surface area contributed by atoms with Crippen molar-refractivity contribution < 1.29 is 4.79 Å². The maximum absolute atomic E-state index is 14.0. The lowest BCUT2D eigenvalue weighted by atomic mass is 10.0.